The minimum atomic E-state index is -0.781. The molecule has 0 amide bonds. The van der Waals surface area contributed by atoms with Gasteiger partial charge in [0.15, 0.2) is 0 Å². The molecule has 0 saturated heterocycles. The highest BCUT2D eigenvalue weighted by atomic mass is 16.4. The summed E-state index contributed by atoms with van der Waals surface area (Å²) in [5, 5.41) is 42.7. The number of aliphatic hydroxyl groups excluding tert-OH is 2. The zero-order chi connectivity index (χ0) is 22.1. The zero-order valence-corrected chi connectivity index (χ0v) is 19.2. The first-order valence-electron chi connectivity index (χ1n) is 12.2. The molecule has 0 heterocycles. The predicted molar refractivity (Wildman–Crippen MR) is 115 cm³/mol. The topological polar surface area (TPSA) is 98.0 Å². The highest BCUT2D eigenvalue weighted by Gasteiger charge is 2.68. The van der Waals surface area contributed by atoms with Gasteiger partial charge in [0.1, 0.15) is 0 Å². The first-order chi connectivity index (χ1) is 13.9. The third-order valence-electron chi connectivity index (χ3n) is 10.7. The second kappa shape index (κ2) is 7.45. The molecule has 4 aliphatic rings. The molecular weight excluding hydrogens is 380 g/mol. The van der Waals surface area contributed by atoms with Gasteiger partial charge in [0.25, 0.3) is 0 Å². The van der Waals surface area contributed by atoms with Gasteiger partial charge in [0.05, 0.1) is 17.8 Å². The van der Waals surface area contributed by atoms with Crippen LogP contribution in [0.15, 0.2) is 0 Å². The molecule has 0 spiro atoms. The van der Waals surface area contributed by atoms with Crippen LogP contribution in [0, 0.1) is 46.3 Å². The van der Waals surface area contributed by atoms with Gasteiger partial charge in [-0.1, -0.05) is 20.8 Å². The van der Waals surface area contributed by atoms with E-state index < -0.39 is 17.7 Å². The van der Waals surface area contributed by atoms with Crippen molar-refractivity contribution < 1.29 is 25.2 Å². The molecule has 4 rings (SSSR count). The Morgan fingerprint density at radius 3 is 2.43 bits per heavy atom. The van der Waals surface area contributed by atoms with Gasteiger partial charge in [-0.3, -0.25) is 4.79 Å². The van der Waals surface area contributed by atoms with Crippen LogP contribution in [0.2, 0.25) is 0 Å². The van der Waals surface area contributed by atoms with Gasteiger partial charge < -0.3 is 20.4 Å². The number of carboxylic acids is 1. The molecule has 5 heteroatoms. The number of hydrogen-bond donors (Lipinski definition) is 4. The van der Waals surface area contributed by atoms with Crippen LogP contribution in [0.25, 0.3) is 0 Å². The first-order valence-corrected chi connectivity index (χ1v) is 12.2. The summed E-state index contributed by atoms with van der Waals surface area (Å²) in [6, 6.07) is 0. The van der Waals surface area contributed by atoms with Crippen LogP contribution in [-0.4, -0.2) is 44.2 Å². The van der Waals surface area contributed by atoms with E-state index in [9.17, 15) is 20.1 Å². The van der Waals surface area contributed by atoms with Gasteiger partial charge in [-0.15, -0.1) is 0 Å². The van der Waals surface area contributed by atoms with Crippen LogP contribution in [0.1, 0.15) is 85.5 Å². The summed E-state index contributed by atoms with van der Waals surface area (Å²) < 4.78 is 0. The van der Waals surface area contributed by atoms with Crippen LogP contribution in [0.3, 0.4) is 0 Å². The van der Waals surface area contributed by atoms with E-state index in [-0.39, 0.29) is 47.0 Å². The SMILES string of the molecule is CC(CCC(=O)O)[C@H]1CCC2C3C(C[C@H](O)[C@@]21C)[C@@]1(C)CC[C@@H](O)CC1CC3(C)O. The highest BCUT2D eigenvalue weighted by Crippen LogP contribution is 2.70. The van der Waals surface area contributed by atoms with E-state index in [0.717, 1.165) is 44.9 Å². The van der Waals surface area contributed by atoms with Gasteiger partial charge in [0.2, 0.25) is 0 Å². The number of fused-ring (bicyclic) bond motifs is 5. The van der Waals surface area contributed by atoms with E-state index in [1.807, 2.05) is 6.92 Å². The highest BCUT2D eigenvalue weighted by molar-refractivity contribution is 5.66. The Hall–Kier alpha value is -0.650. The number of rotatable bonds is 4. The monoisotopic (exact) mass is 422 g/mol. The fourth-order valence-electron chi connectivity index (χ4n) is 9.07. The van der Waals surface area contributed by atoms with Crippen molar-refractivity contribution in [1.29, 1.82) is 0 Å². The lowest BCUT2D eigenvalue weighted by molar-refractivity contribution is -0.237. The summed E-state index contributed by atoms with van der Waals surface area (Å²) >= 11 is 0. The molecule has 30 heavy (non-hydrogen) atoms. The van der Waals surface area contributed by atoms with Gasteiger partial charge in [0, 0.05) is 6.42 Å². The van der Waals surface area contributed by atoms with Crippen molar-refractivity contribution in [1.82, 2.24) is 0 Å². The molecule has 172 valence electrons. The van der Waals surface area contributed by atoms with E-state index in [0.29, 0.717) is 18.3 Å². The van der Waals surface area contributed by atoms with Crippen LogP contribution >= 0.6 is 0 Å². The molecular formula is C25H42O5. The maximum atomic E-state index is 11.7. The minimum absolute atomic E-state index is 0.0709. The Balaban J connectivity index is 1.65. The normalized spacial score (nSPS) is 54.0. The average molecular weight is 423 g/mol. The molecule has 11 atom stereocenters. The van der Waals surface area contributed by atoms with E-state index >= 15 is 0 Å². The lowest BCUT2D eigenvalue weighted by Crippen LogP contribution is -2.65. The molecule has 0 bridgehead atoms. The van der Waals surface area contributed by atoms with E-state index in [2.05, 4.69) is 20.8 Å². The molecule has 4 aliphatic carbocycles. The lowest BCUT2D eigenvalue weighted by atomic mass is 9.41. The fourth-order valence-corrected chi connectivity index (χ4v) is 9.07. The Kier molecular flexibility index (Phi) is 5.60. The van der Waals surface area contributed by atoms with Crippen molar-refractivity contribution in [2.45, 2.75) is 103 Å². The third kappa shape index (κ3) is 3.26. The first kappa shape index (κ1) is 22.5. The van der Waals surface area contributed by atoms with E-state index in [4.69, 9.17) is 5.11 Å². The third-order valence-corrected chi connectivity index (χ3v) is 10.7. The Bertz CT molecular complexity index is 676. The minimum Gasteiger partial charge on any atom is -0.481 e. The summed E-state index contributed by atoms with van der Waals surface area (Å²) in [6.07, 6.45) is 6.20. The van der Waals surface area contributed by atoms with Gasteiger partial charge >= 0.3 is 5.97 Å². The van der Waals surface area contributed by atoms with E-state index in [1.165, 1.54) is 0 Å². The second-order valence-electron chi connectivity index (χ2n) is 12.1. The van der Waals surface area contributed by atoms with Crippen LogP contribution in [0.4, 0.5) is 0 Å². The Morgan fingerprint density at radius 1 is 1.07 bits per heavy atom. The molecule has 0 aromatic heterocycles. The van der Waals surface area contributed by atoms with Gasteiger partial charge in [-0.05, 0) is 105 Å². The van der Waals surface area contributed by atoms with Gasteiger partial charge in [-0.25, -0.2) is 0 Å². The number of aliphatic carboxylic acids is 1. The van der Waals surface area contributed by atoms with Crippen molar-refractivity contribution in [3.8, 4) is 0 Å². The van der Waals surface area contributed by atoms with Crippen molar-refractivity contribution in [3.63, 3.8) is 0 Å². The van der Waals surface area contributed by atoms with Crippen molar-refractivity contribution in [2.24, 2.45) is 46.3 Å². The fraction of sp³-hybridized carbons (Fsp3) is 0.960. The van der Waals surface area contributed by atoms with Crippen LogP contribution in [-0.2, 0) is 4.79 Å². The molecule has 4 saturated carbocycles. The summed E-state index contributed by atoms with van der Waals surface area (Å²) in [5.74, 6) is 0.818. The summed E-state index contributed by atoms with van der Waals surface area (Å²) in [6.45, 7) is 8.74. The number of carbonyl (C=O) groups is 1. The van der Waals surface area contributed by atoms with Crippen molar-refractivity contribution >= 4 is 5.97 Å². The van der Waals surface area contributed by atoms with Crippen molar-refractivity contribution in [3.05, 3.63) is 0 Å². The molecule has 0 radical (unpaired) electrons. The van der Waals surface area contributed by atoms with E-state index in [1.54, 1.807) is 0 Å². The number of aliphatic hydroxyl groups is 3. The number of carboxylic acid groups (broad SMARTS) is 1. The summed E-state index contributed by atoms with van der Waals surface area (Å²) in [4.78, 5) is 11.1. The molecule has 5 nitrogen and oxygen atoms in total. The average Bonchev–Trinajstić information content (AvgIpc) is 3.00. The molecule has 4 fully saturated rings. The van der Waals surface area contributed by atoms with Crippen LogP contribution in [0.5, 0.6) is 0 Å². The molecule has 0 aromatic rings. The maximum absolute atomic E-state index is 11.7. The molecule has 6 unspecified atom stereocenters. The molecule has 0 aliphatic heterocycles. The lowest BCUT2D eigenvalue weighted by Gasteiger charge is -2.66. The standard InChI is InChI=1S/C25H42O5/c1-14(5-8-21(28)29)17-6-7-18-22-19(12-20(27)25(17,18)4)23(2)10-9-16(26)11-15(23)13-24(22,3)30/h14-20,22,26-27,30H,5-13H2,1-4H3,(H,28,29)/t14?,15?,16-,17-,18?,19?,20+,22?,23+,24?,25-/m1/s1. The zero-order valence-electron chi connectivity index (χ0n) is 19.2. The van der Waals surface area contributed by atoms with Crippen molar-refractivity contribution in [2.75, 3.05) is 0 Å². The molecule has 4 N–H and O–H groups in total. The maximum Gasteiger partial charge on any atom is 0.303 e. The molecule has 0 aromatic carbocycles. The van der Waals surface area contributed by atoms with Gasteiger partial charge in [-0.2, -0.15) is 0 Å². The Morgan fingerprint density at radius 2 is 1.77 bits per heavy atom. The summed E-state index contributed by atoms with van der Waals surface area (Å²) in [7, 11) is 0. The second-order valence-corrected chi connectivity index (χ2v) is 12.1. The summed E-state index contributed by atoms with van der Waals surface area (Å²) in [5.41, 5.74) is -0.973. The quantitative estimate of drug-likeness (QED) is 0.552. The predicted octanol–water partition coefficient (Wildman–Crippen LogP) is 3.84. The Labute approximate surface area is 181 Å². The smallest absolute Gasteiger partial charge is 0.303 e. The van der Waals surface area contributed by atoms with Crippen LogP contribution < -0.4 is 0 Å². The largest absolute Gasteiger partial charge is 0.481 e. The number of hydrogen-bond acceptors (Lipinski definition) is 4.